The van der Waals surface area contributed by atoms with Crippen molar-refractivity contribution >= 4 is 34.9 Å². The number of aromatic nitrogens is 1. The van der Waals surface area contributed by atoms with E-state index in [-0.39, 0.29) is 12.3 Å². The molecule has 0 saturated heterocycles. The van der Waals surface area contributed by atoms with Gasteiger partial charge < -0.3 is 5.32 Å². The van der Waals surface area contributed by atoms with Crippen molar-refractivity contribution in [2.45, 2.75) is 20.3 Å². The summed E-state index contributed by atoms with van der Waals surface area (Å²) >= 11 is 5.94. The van der Waals surface area contributed by atoms with Gasteiger partial charge >= 0.3 is 0 Å². The van der Waals surface area contributed by atoms with Gasteiger partial charge in [-0.25, -0.2) is 10.4 Å². The molecule has 0 aliphatic carbocycles. The third-order valence-electron chi connectivity index (χ3n) is 3.07. The first-order valence-electron chi connectivity index (χ1n) is 7.26. The molecule has 0 radical (unpaired) electrons. The lowest BCUT2D eigenvalue weighted by Crippen LogP contribution is -2.22. The van der Waals surface area contributed by atoms with E-state index in [0.717, 1.165) is 5.56 Å². The Labute approximate surface area is 144 Å². The van der Waals surface area contributed by atoms with Gasteiger partial charge in [-0.3, -0.25) is 9.59 Å². The monoisotopic (exact) mass is 344 g/mol. The summed E-state index contributed by atoms with van der Waals surface area (Å²) in [7, 11) is 0. The number of hydrazone groups is 1. The zero-order valence-corrected chi connectivity index (χ0v) is 14.1. The fourth-order valence-corrected chi connectivity index (χ4v) is 2.14. The summed E-state index contributed by atoms with van der Waals surface area (Å²) in [6, 6.07) is 10.3. The van der Waals surface area contributed by atoms with Crippen LogP contribution in [0.25, 0.3) is 0 Å². The number of amides is 2. The van der Waals surface area contributed by atoms with Crippen LogP contribution in [0.2, 0.25) is 5.02 Å². The summed E-state index contributed by atoms with van der Waals surface area (Å²) in [4.78, 5) is 28.0. The molecule has 6 nitrogen and oxygen atoms in total. The number of aryl methyl sites for hydroxylation is 1. The van der Waals surface area contributed by atoms with Crippen molar-refractivity contribution in [3.8, 4) is 0 Å². The van der Waals surface area contributed by atoms with E-state index in [9.17, 15) is 9.59 Å². The van der Waals surface area contributed by atoms with Crippen LogP contribution in [0, 0.1) is 6.92 Å². The Morgan fingerprint density at radius 3 is 2.71 bits per heavy atom. The molecule has 0 spiro atoms. The number of benzene rings is 1. The lowest BCUT2D eigenvalue weighted by Gasteiger charge is -2.06. The molecule has 2 aromatic rings. The van der Waals surface area contributed by atoms with Crippen LogP contribution in [0.15, 0.2) is 47.7 Å². The number of halogens is 1. The quantitative estimate of drug-likeness (QED) is 0.645. The molecule has 1 aromatic heterocycles. The minimum absolute atomic E-state index is 0.0401. The number of anilines is 1. The van der Waals surface area contributed by atoms with Gasteiger partial charge in [-0.1, -0.05) is 23.7 Å². The van der Waals surface area contributed by atoms with Gasteiger partial charge in [-0.15, -0.1) is 0 Å². The van der Waals surface area contributed by atoms with Gasteiger partial charge in [0.1, 0.15) is 5.82 Å². The van der Waals surface area contributed by atoms with Crippen LogP contribution in [-0.2, 0) is 4.79 Å². The van der Waals surface area contributed by atoms with Crippen LogP contribution in [0.1, 0.15) is 29.3 Å². The van der Waals surface area contributed by atoms with Crippen LogP contribution in [0.5, 0.6) is 0 Å². The number of hydrogen-bond donors (Lipinski definition) is 2. The Morgan fingerprint density at radius 2 is 2.00 bits per heavy atom. The van der Waals surface area contributed by atoms with Crippen molar-refractivity contribution in [1.29, 1.82) is 0 Å². The minimum Gasteiger partial charge on any atom is -0.310 e. The van der Waals surface area contributed by atoms with Gasteiger partial charge in [-0.2, -0.15) is 5.10 Å². The number of hydrogen-bond acceptors (Lipinski definition) is 4. The van der Waals surface area contributed by atoms with Crippen LogP contribution < -0.4 is 10.7 Å². The van der Waals surface area contributed by atoms with Crippen molar-refractivity contribution in [3.63, 3.8) is 0 Å². The molecule has 2 amide bonds. The van der Waals surface area contributed by atoms with Gasteiger partial charge in [-0.05, 0) is 43.7 Å². The second-order valence-corrected chi connectivity index (χ2v) is 5.62. The first-order chi connectivity index (χ1) is 11.5. The van der Waals surface area contributed by atoms with Gasteiger partial charge in [0, 0.05) is 11.9 Å². The second kappa shape index (κ2) is 8.21. The molecule has 124 valence electrons. The van der Waals surface area contributed by atoms with E-state index < -0.39 is 5.91 Å². The fourth-order valence-electron chi connectivity index (χ4n) is 1.92. The van der Waals surface area contributed by atoms with Gasteiger partial charge in [0.05, 0.1) is 17.0 Å². The zero-order valence-electron chi connectivity index (χ0n) is 13.3. The van der Waals surface area contributed by atoms with Gasteiger partial charge in [0.25, 0.3) is 5.91 Å². The summed E-state index contributed by atoms with van der Waals surface area (Å²) in [5.41, 5.74) is 4.17. The summed E-state index contributed by atoms with van der Waals surface area (Å²) in [6.45, 7) is 3.56. The highest BCUT2D eigenvalue weighted by Crippen LogP contribution is 2.14. The number of nitrogens with one attached hydrogen (secondary N) is 2. The Hall–Kier alpha value is -2.73. The maximum atomic E-state index is 12.0. The molecule has 2 N–H and O–H groups in total. The van der Waals surface area contributed by atoms with Crippen molar-refractivity contribution in [2.24, 2.45) is 5.10 Å². The molecule has 1 heterocycles. The van der Waals surface area contributed by atoms with Crippen molar-refractivity contribution in [1.82, 2.24) is 10.4 Å². The van der Waals surface area contributed by atoms with E-state index in [0.29, 0.717) is 22.1 Å². The molecule has 24 heavy (non-hydrogen) atoms. The standard InChI is InChI=1S/C17H17ClN4O2/c1-11-7-8-19-15(9-11)20-16(23)10-12(2)21-22-17(24)13-5-3-4-6-14(13)18/h3-9H,10H2,1-2H3,(H,22,24)(H,19,20,23)/b21-12+. The summed E-state index contributed by atoms with van der Waals surface area (Å²) in [6.07, 6.45) is 1.66. The predicted molar refractivity (Wildman–Crippen MR) is 94.2 cm³/mol. The Morgan fingerprint density at radius 1 is 1.25 bits per heavy atom. The SMILES string of the molecule is C/C(CC(=O)Nc1cc(C)ccn1)=N\NC(=O)c1ccccc1Cl. The Kier molecular flexibility index (Phi) is 6.03. The van der Waals surface area contributed by atoms with Gasteiger partial charge in [0.2, 0.25) is 5.91 Å². The maximum absolute atomic E-state index is 12.0. The van der Waals surface area contributed by atoms with Crippen LogP contribution >= 0.6 is 11.6 Å². The topological polar surface area (TPSA) is 83.4 Å². The molecule has 7 heteroatoms. The number of carbonyl (C=O) groups is 2. The van der Waals surface area contributed by atoms with Crippen LogP contribution in [-0.4, -0.2) is 22.5 Å². The van der Waals surface area contributed by atoms with Crippen molar-refractivity contribution < 1.29 is 9.59 Å². The van der Waals surface area contributed by atoms with E-state index in [1.807, 2.05) is 13.0 Å². The molecule has 0 bridgehead atoms. The molecule has 0 fully saturated rings. The highest BCUT2D eigenvalue weighted by atomic mass is 35.5. The Balaban J connectivity index is 1.90. The molecule has 0 aliphatic heterocycles. The molecule has 0 unspecified atom stereocenters. The number of pyridine rings is 1. The molecule has 0 saturated carbocycles. The minimum atomic E-state index is -0.430. The average Bonchev–Trinajstić information content (AvgIpc) is 2.53. The summed E-state index contributed by atoms with van der Waals surface area (Å²) < 4.78 is 0. The first kappa shape index (κ1) is 17.6. The first-order valence-corrected chi connectivity index (χ1v) is 7.64. The van der Waals surface area contributed by atoms with E-state index in [1.165, 1.54) is 0 Å². The molecule has 1 aromatic carbocycles. The van der Waals surface area contributed by atoms with Gasteiger partial charge in [0.15, 0.2) is 0 Å². The second-order valence-electron chi connectivity index (χ2n) is 5.21. The third kappa shape index (κ3) is 5.17. The maximum Gasteiger partial charge on any atom is 0.272 e. The fraction of sp³-hybridized carbons (Fsp3) is 0.176. The lowest BCUT2D eigenvalue weighted by molar-refractivity contribution is -0.115. The molecule has 2 rings (SSSR count). The largest absolute Gasteiger partial charge is 0.310 e. The van der Waals surface area contributed by atoms with Crippen LogP contribution in [0.4, 0.5) is 5.82 Å². The van der Waals surface area contributed by atoms with E-state index in [4.69, 9.17) is 11.6 Å². The smallest absolute Gasteiger partial charge is 0.272 e. The van der Waals surface area contributed by atoms with E-state index in [2.05, 4.69) is 20.8 Å². The number of carbonyl (C=O) groups excluding carboxylic acids is 2. The van der Waals surface area contributed by atoms with Crippen molar-refractivity contribution in [2.75, 3.05) is 5.32 Å². The third-order valence-corrected chi connectivity index (χ3v) is 3.40. The molecule has 0 atom stereocenters. The lowest BCUT2D eigenvalue weighted by atomic mass is 10.2. The summed E-state index contributed by atoms with van der Waals surface area (Å²) in [5, 5.41) is 6.93. The Bertz CT molecular complexity index is 790. The number of nitrogens with zero attached hydrogens (tertiary/aromatic N) is 2. The van der Waals surface area contributed by atoms with E-state index in [1.54, 1.807) is 43.5 Å². The predicted octanol–water partition coefficient (Wildman–Crippen LogP) is 3.18. The average molecular weight is 345 g/mol. The van der Waals surface area contributed by atoms with E-state index >= 15 is 0 Å². The molecular weight excluding hydrogens is 328 g/mol. The highest BCUT2D eigenvalue weighted by Gasteiger charge is 2.10. The molecular formula is C17H17ClN4O2. The molecule has 0 aliphatic rings. The van der Waals surface area contributed by atoms with Crippen molar-refractivity contribution in [3.05, 3.63) is 58.7 Å². The van der Waals surface area contributed by atoms with Crippen LogP contribution in [0.3, 0.4) is 0 Å². The normalized spacial score (nSPS) is 11.0. The highest BCUT2D eigenvalue weighted by molar-refractivity contribution is 6.33. The summed E-state index contributed by atoms with van der Waals surface area (Å²) in [5.74, 6) is -0.213. The zero-order chi connectivity index (χ0) is 17.5. The number of rotatable bonds is 5.